The molecular formula is C27H36N4O5S. The molecule has 1 aromatic carbocycles. The van der Waals surface area contributed by atoms with Crippen LogP contribution in [-0.4, -0.2) is 77.6 Å². The summed E-state index contributed by atoms with van der Waals surface area (Å²) in [7, 11) is 0. The summed E-state index contributed by atoms with van der Waals surface area (Å²) >= 11 is 1.51. The first-order valence-electron chi connectivity index (χ1n) is 13.1. The van der Waals surface area contributed by atoms with Gasteiger partial charge in [0.2, 0.25) is 0 Å². The van der Waals surface area contributed by atoms with Crippen LogP contribution in [0.3, 0.4) is 0 Å². The number of amides is 3. The molecule has 3 amide bonds. The van der Waals surface area contributed by atoms with Gasteiger partial charge in [-0.3, -0.25) is 9.59 Å². The van der Waals surface area contributed by atoms with E-state index in [-0.39, 0.29) is 36.0 Å². The molecule has 10 heteroatoms. The monoisotopic (exact) mass is 528 g/mol. The summed E-state index contributed by atoms with van der Waals surface area (Å²) in [6.45, 7) is 8.55. The van der Waals surface area contributed by atoms with Crippen LogP contribution in [0.25, 0.3) is 0 Å². The molecule has 9 nitrogen and oxygen atoms in total. The van der Waals surface area contributed by atoms with E-state index in [1.165, 1.54) is 11.3 Å². The van der Waals surface area contributed by atoms with E-state index in [2.05, 4.69) is 10.3 Å². The van der Waals surface area contributed by atoms with Crippen molar-refractivity contribution in [2.75, 3.05) is 32.8 Å². The summed E-state index contributed by atoms with van der Waals surface area (Å²) in [6, 6.07) is 7.33. The number of nitrogens with zero attached hydrogens (tertiary/aromatic N) is 3. The van der Waals surface area contributed by atoms with Gasteiger partial charge in [0.05, 0.1) is 17.7 Å². The number of likely N-dealkylation sites (tertiary alicyclic amines) is 2. The van der Waals surface area contributed by atoms with Crippen molar-refractivity contribution < 1.29 is 23.9 Å². The third kappa shape index (κ3) is 7.00. The SMILES string of the molecule is CCOC(=O)N1CCC(NC(=O)c2csc(C3CCN(C(=O)c4ccc(OC(C)C)cc4)CC3)n2)CC1. The number of nitrogens with one attached hydrogen (secondary N) is 1. The number of benzene rings is 1. The molecule has 2 fully saturated rings. The lowest BCUT2D eigenvalue weighted by Crippen LogP contribution is -2.46. The third-order valence-electron chi connectivity index (χ3n) is 6.72. The lowest BCUT2D eigenvalue weighted by molar-refractivity contribution is 0.0712. The first kappa shape index (κ1) is 26.9. The summed E-state index contributed by atoms with van der Waals surface area (Å²) in [5.74, 6) is 0.860. The number of carbonyl (C=O) groups excluding carboxylic acids is 3. The van der Waals surface area contributed by atoms with Crippen LogP contribution < -0.4 is 10.1 Å². The van der Waals surface area contributed by atoms with Crippen LogP contribution in [0.2, 0.25) is 0 Å². The molecule has 0 atom stereocenters. The van der Waals surface area contributed by atoms with E-state index >= 15 is 0 Å². The van der Waals surface area contributed by atoms with Crippen LogP contribution in [0.15, 0.2) is 29.6 Å². The van der Waals surface area contributed by atoms with Crippen molar-refractivity contribution >= 4 is 29.2 Å². The first-order chi connectivity index (χ1) is 17.8. The van der Waals surface area contributed by atoms with Crippen LogP contribution in [0, 0.1) is 0 Å². The normalized spacial score (nSPS) is 17.1. The van der Waals surface area contributed by atoms with E-state index in [0.29, 0.717) is 56.9 Å². The van der Waals surface area contributed by atoms with Gasteiger partial charge in [-0.05, 0) is 70.7 Å². The topological polar surface area (TPSA) is 101 Å². The highest BCUT2D eigenvalue weighted by Crippen LogP contribution is 2.31. The average molecular weight is 529 g/mol. The van der Waals surface area contributed by atoms with Gasteiger partial charge in [-0.1, -0.05) is 0 Å². The fraction of sp³-hybridized carbons (Fsp3) is 0.556. The number of thiazole rings is 1. The van der Waals surface area contributed by atoms with Crippen molar-refractivity contribution in [3.63, 3.8) is 0 Å². The van der Waals surface area contributed by atoms with Crippen LogP contribution in [-0.2, 0) is 4.74 Å². The molecule has 0 unspecified atom stereocenters. The van der Waals surface area contributed by atoms with Crippen molar-refractivity contribution in [2.24, 2.45) is 0 Å². The van der Waals surface area contributed by atoms with E-state index in [9.17, 15) is 14.4 Å². The Hall–Kier alpha value is -3.14. The summed E-state index contributed by atoms with van der Waals surface area (Å²) in [5.41, 5.74) is 1.10. The van der Waals surface area contributed by atoms with Crippen LogP contribution in [0.4, 0.5) is 4.79 Å². The smallest absolute Gasteiger partial charge is 0.409 e. The zero-order valence-corrected chi connectivity index (χ0v) is 22.6. The van der Waals surface area contributed by atoms with E-state index in [1.807, 2.05) is 48.4 Å². The molecule has 1 aromatic heterocycles. The number of hydrogen-bond acceptors (Lipinski definition) is 7. The number of piperidine rings is 2. The Morgan fingerprint density at radius 1 is 1.03 bits per heavy atom. The fourth-order valence-electron chi connectivity index (χ4n) is 4.72. The second-order valence-electron chi connectivity index (χ2n) is 9.76. The largest absolute Gasteiger partial charge is 0.491 e. The summed E-state index contributed by atoms with van der Waals surface area (Å²) in [5, 5.41) is 5.83. The number of aromatic nitrogens is 1. The van der Waals surface area contributed by atoms with Crippen molar-refractivity contribution in [1.82, 2.24) is 20.1 Å². The molecule has 2 aromatic rings. The highest BCUT2D eigenvalue weighted by atomic mass is 32.1. The lowest BCUT2D eigenvalue weighted by atomic mass is 9.97. The standard InChI is InChI=1S/C27H36N4O5S/c1-4-35-27(34)31-15-11-21(12-16-31)28-24(32)23-17-37-25(29-23)19-9-13-30(14-10-19)26(33)20-5-7-22(8-6-20)36-18(2)3/h5-8,17-19,21H,4,9-16H2,1-3H3,(H,28,32). The molecule has 2 aliphatic heterocycles. The predicted molar refractivity (Wildman–Crippen MR) is 141 cm³/mol. The highest BCUT2D eigenvalue weighted by Gasteiger charge is 2.28. The van der Waals surface area contributed by atoms with Gasteiger partial charge >= 0.3 is 6.09 Å². The third-order valence-corrected chi connectivity index (χ3v) is 7.72. The minimum Gasteiger partial charge on any atom is -0.491 e. The predicted octanol–water partition coefficient (Wildman–Crippen LogP) is 4.30. The Kier molecular flexibility index (Phi) is 9.02. The van der Waals surface area contributed by atoms with Crippen LogP contribution >= 0.6 is 11.3 Å². The molecular weight excluding hydrogens is 492 g/mol. The number of rotatable bonds is 7. The molecule has 0 saturated carbocycles. The minimum absolute atomic E-state index is 0.0172. The van der Waals surface area contributed by atoms with Gasteiger partial charge in [-0.15, -0.1) is 11.3 Å². The van der Waals surface area contributed by atoms with E-state index in [1.54, 1.807) is 11.8 Å². The zero-order valence-electron chi connectivity index (χ0n) is 21.8. The molecule has 3 heterocycles. The van der Waals surface area contributed by atoms with E-state index < -0.39 is 0 Å². The van der Waals surface area contributed by atoms with Gasteiger partial charge in [-0.25, -0.2) is 9.78 Å². The lowest BCUT2D eigenvalue weighted by Gasteiger charge is -2.31. The molecule has 0 spiro atoms. The Labute approximate surface area is 222 Å². The van der Waals surface area contributed by atoms with Crippen molar-refractivity contribution in [3.05, 3.63) is 45.9 Å². The maximum Gasteiger partial charge on any atom is 0.409 e. The highest BCUT2D eigenvalue weighted by molar-refractivity contribution is 7.09. The summed E-state index contributed by atoms with van der Waals surface area (Å²) in [4.78, 5) is 45.8. The average Bonchev–Trinajstić information content (AvgIpc) is 3.40. The maximum atomic E-state index is 12.9. The Morgan fingerprint density at radius 2 is 1.68 bits per heavy atom. The van der Waals surface area contributed by atoms with Gasteiger partial charge in [0.15, 0.2) is 0 Å². The Balaban J connectivity index is 1.24. The van der Waals surface area contributed by atoms with Crippen LogP contribution in [0.5, 0.6) is 5.75 Å². The minimum atomic E-state index is -0.293. The molecule has 2 saturated heterocycles. The fourth-order valence-corrected chi connectivity index (χ4v) is 5.69. The quantitative estimate of drug-likeness (QED) is 0.575. The molecule has 0 bridgehead atoms. The second-order valence-corrected chi connectivity index (χ2v) is 10.7. The zero-order chi connectivity index (χ0) is 26.4. The van der Waals surface area contributed by atoms with Gasteiger partial charge in [0.25, 0.3) is 11.8 Å². The van der Waals surface area contributed by atoms with Crippen molar-refractivity contribution in [3.8, 4) is 5.75 Å². The molecule has 0 radical (unpaired) electrons. The van der Waals surface area contributed by atoms with Gasteiger partial charge in [0.1, 0.15) is 11.4 Å². The van der Waals surface area contributed by atoms with E-state index in [0.717, 1.165) is 23.6 Å². The Morgan fingerprint density at radius 3 is 2.30 bits per heavy atom. The molecule has 4 rings (SSSR count). The summed E-state index contributed by atoms with van der Waals surface area (Å²) < 4.78 is 10.7. The molecule has 0 aliphatic carbocycles. The molecule has 1 N–H and O–H groups in total. The van der Waals surface area contributed by atoms with Gasteiger partial charge in [0, 0.05) is 49.1 Å². The maximum absolute atomic E-state index is 12.9. The molecule has 200 valence electrons. The first-order valence-corrected chi connectivity index (χ1v) is 14.0. The summed E-state index contributed by atoms with van der Waals surface area (Å²) in [6.07, 6.45) is 2.83. The number of ether oxygens (including phenoxy) is 2. The van der Waals surface area contributed by atoms with Crippen molar-refractivity contribution in [1.29, 1.82) is 0 Å². The molecule has 37 heavy (non-hydrogen) atoms. The van der Waals surface area contributed by atoms with Gasteiger partial charge < -0.3 is 24.6 Å². The van der Waals surface area contributed by atoms with Gasteiger partial charge in [-0.2, -0.15) is 0 Å². The Bertz CT molecular complexity index is 1070. The number of carbonyl (C=O) groups is 3. The second kappa shape index (κ2) is 12.4. The van der Waals surface area contributed by atoms with Crippen molar-refractivity contribution in [2.45, 2.75) is 64.5 Å². The molecule has 2 aliphatic rings. The number of hydrogen-bond donors (Lipinski definition) is 1. The van der Waals surface area contributed by atoms with Crippen LogP contribution in [0.1, 0.15) is 78.2 Å². The van der Waals surface area contributed by atoms with E-state index in [4.69, 9.17) is 9.47 Å².